The fraction of sp³-hybridized carbons (Fsp3) is 0.500. The highest BCUT2D eigenvalue weighted by atomic mass is 16.4. The molecular formula is C30H36N2O3. The summed E-state index contributed by atoms with van der Waals surface area (Å²) in [4.78, 5) is 15.4. The molecule has 2 heterocycles. The highest BCUT2D eigenvalue weighted by Crippen LogP contribution is 2.63. The lowest BCUT2D eigenvalue weighted by Gasteiger charge is -2.51. The van der Waals surface area contributed by atoms with Crippen LogP contribution < -0.4 is 5.32 Å². The number of hydrogen-bond acceptors (Lipinski definition) is 4. The highest BCUT2D eigenvalue weighted by molar-refractivity contribution is 5.91. The van der Waals surface area contributed by atoms with Crippen LogP contribution in [0.25, 0.3) is 0 Å². The van der Waals surface area contributed by atoms with Gasteiger partial charge in [0.25, 0.3) is 0 Å². The standard InChI is InChI=1S/C30H36N2O3/c1-19-16-32(17-20-9-3-2-4-10-20)28-23(22-12-6-5-11-21(22)18-33)15-24(29(34)35)27-30(19,28)25-13-7-8-14-26(25)31-27/h2-4,7-10,13-14,19,21-23,28,31,33H,5-6,11-12,15-18H2,1H3,(H,34,35). The number of aliphatic hydroxyl groups is 1. The molecule has 1 saturated carbocycles. The van der Waals surface area contributed by atoms with Gasteiger partial charge in [0, 0.05) is 37.1 Å². The number of fused-ring (bicyclic) bond motifs is 1. The Hall–Kier alpha value is -2.63. The number of hydrogen-bond donors (Lipinski definition) is 3. The molecule has 0 aromatic heterocycles. The number of nitrogens with zero attached hydrogens (tertiary/aromatic N) is 1. The lowest BCUT2D eigenvalue weighted by atomic mass is 9.55. The maximum absolute atomic E-state index is 12.7. The van der Waals surface area contributed by atoms with Crippen LogP contribution >= 0.6 is 0 Å². The van der Waals surface area contributed by atoms with E-state index in [1.165, 1.54) is 17.5 Å². The van der Waals surface area contributed by atoms with Crippen molar-refractivity contribution in [3.05, 3.63) is 77.0 Å². The quantitative estimate of drug-likeness (QED) is 0.569. The van der Waals surface area contributed by atoms with Crippen LogP contribution in [0.2, 0.25) is 0 Å². The minimum atomic E-state index is -0.798. The number of benzene rings is 2. The van der Waals surface area contributed by atoms with Crippen molar-refractivity contribution in [1.82, 2.24) is 4.90 Å². The molecular weight excluding hydrogens is 436 g/mol. The largest absolute Gasteiger partial charge is 0.478 e. The van der Waals surface area contributed by atoms with Crippen LogP contribution in [0, 0.1) is 23.7 Å². The number of aliphatic carboxylic acids is 1. The maximum atomic E-state index is 12.7. The summed E-state index contributed by atoms with van der Waals surface area (Å²) >= 11 is 0. The van der Waals surface area contributed by atoms with Crippen molar-refractivity contribution in [3.8, 4) is 0 Å². The predicted octanol–water partition coefficient (Wildman–Crippen LogP) is 5.03. The number of para-hydroxylation sites is 1. The van der Waals surface area contributed by atoms with Crippen LogP contribution in [-0.2, 0) is 16.8 Å². The molecule has 2 aromatic carbocycles. The van der Waals surface area contributed by atoms with Gasteiger partial charge in [0.2, 0.25) is 0 Å². The Labute approximate surface area is 207 Å². The first kappa shape index (κ1) is 22.8. The minimum Gasteiger partial charge on any atom is -0.478 e. The van der Waals surface area contributed by atoms with Crippen molar-refractivity contribution in [3.63, 3.8) is 0 Å². The molecule has 2 aliphatic carbocycles. The van der Waals surface area contributed by atoms with Crippen LogP contribution in [0.15, 0.2) is 65.9 Å². The average molecular weight is 473 g/mol. The van der Waals surface area contributed by atoms with Gasteiger partial charge < -0.3 is 15.5 Å². The van der Waals surface area contributed by atoms with Gasteiger partial charge in [0.1, 0.15) is 0 Å². The Bertz CT molecular complexity index is 1150. The number of anilines is 1. The number of carboxylic acids is 1. The second-order valence-corrected chi connectivity index (χ2v) is 11.2. The van der Waals surface area contributed by atoms with Gasteiger partial charge >= 0.3 is 5.97 Å². The van der Waals surface area contributed by atoms with Gasteiger partial charge in [-0.05, 0) is 60.1 Å². The number of likely N-dealkylation sites (tertiary alicyclic amines) is 1. The van der Waals surface area contributed by atoms with Crippen LogP contribution in [0.4, 0.5) is 5.69 Å². The van der Waals surface area contributed by atoms with Gasteiger partial charge in [-0.15, -0.1) is 0 Å². The van der Waals surface area contributed by atoms with Crippen molar-refractivity contribution in [2.75, 3.05) is 18.5 Å². The molecule has 2 aromatic rings. The van der Waals surface area contributed by atoms with Gasteiger partial charge in [-0.2, -0.15) is 0 Å². The van der Waals surface area contributed by atoms with E-state index < -0.39 is 5.97 Å². The van der Waals surface area contributed by atoms with Crippen molar-refractivity contribution in [2.45, 2.75) is 57.0 Å². The third-order valence-corrected chi connectivity index (χ3v) is 9.58. The third kappa shape index (κ3) is 3.39. The third-order valence-electron chi connectivity index (χ3n) is 9.58. The predicted molar refractivity (Wildman–Crippen MR) is 137 cm³/mol. The molecule has 4 aliphatic rings. The monoisotopic (exact) mass is 472 g/mol. The van der Waals surface area contributed by atoms with E-state index in [9.17, 15) is 15.0 Å². The number of rotatable bonds is 5. The van der Waals surface area contributed by atoms with Crippen LogP contribution in [0.3, 0.4) is 0 Å². The molecule has 1 saturated heterocycles. The summed E-state index contributed by atoms with van der Waals surface area (Å²) in [5.74, 6) is 0.261. The van der Waals surface area contributed by atoms with E-state index in [0.29, 0.717) is 17.9 Å². The second kappa shape index (κ2) is 8.79. The fourth-order valence-electron chi connectivity index (χ4n) is 8.30. The van der Waals surface area contributed by atoms with Gasteiger partial charge in [-0.25, -0.2) is 4.79 Å². The molecule has 6 unspecified atom stereocenters. The Morgan fingerprint density at radius 1 is 1.06 bits per heavy atom. The van der Waals surface area contributed by atoms with Gasteiger partial charge in [0.15, 0.2) is 0 Å². The number of aliphatic hydroxyl groups excluding tert-OH is 1. The molecule has 5 heteroatoms. The van der Waals surface area contributed by atoms with Crippen LogP contribution in [-0.4, -0.2) is 40.3 Å². The number of carboxylic acid groups (broad SMARTS) is 1. The summed E-state index contributed by atoms with van der Waals surface area (Å²) < 4.78 is 0. The van der Waals surface area contributed by atoms with Gasteiger partial charge in [-0.1, -0.05) is 68.3 Å². The highest BCUT2D eigenvalue weighted by Gasteiger charge is 2.65. The van der Waals surface area contributed by atoms with E-state index >= 15 is 0 Å². The molecule has 5 nitrogen and oxygen atoms in total. The smallest absolute Gasteiger partial charge is 0.333 e. The minimum absolute atomic E-state index is 0.197. The molecule has 35 heavy (non-hydrogen) atoms. The molecule has 3 N–H and O–H groups in total. The first-order valence-corrected chi connectivity index (χ1v) is 13.3. The average Bonchev–Trinajstić information content (AvgIpc) is 3.38. The molecule has 184 valence electrons. The molecule has 6 rings (SSSR count). The summed E-state index contributed by atoms with van der Waals surface area (Å²) in [5.41, 5.74) is 4.72. The molecule has 2 aliphatic heterocycles. The first-order chi connectivity index (χ1) is 17.1. The van der Waals surface area contributed by atoms with E-state index in [0.717, 1.165) is 43.7 Å². The Kier molecular flexibility index (Phi) is 5.73. The lowest BCUT2D eigenvalue weighted by molar-refractivity contribution is -0.133. The van der Waals surface area contributed by atoms with Crippen molar-refractivity contribution in [2.24, 2.45) is 23.7 Å². The van der Waals surface area contributed by atoms with E-state index in [-0.39, 0.29) is 35.8 Å². The van der Waals surface area contributed by atoms with Gasteiger partial charge in [-0.3, -0.25) is 4.90 Å². The second-order valence-electron chi connectivity index (χ2n) is 11.2. The Morgan fingerprint density at radius 3 is 2.57 bits per heavy atom. The van der Waals surface area contributed by atoms with E-state index in [1.54, 1.807) is 0 Å². The van der Waals surface area contributed by atoms with E-state index in [1.807, 2.05) is 6.07 Å². The zero-order valence-corrected chi connectivity index (χ0v) is 20.5. The zero-order chi connectivity index (χ0) is 24.2. The van der Waals surface area contributed by atoms with Crippen molar-refractivity contribution in [1.29, 1.82) is 0 Å². The van der Waals surface area contributed by atoms with Gasteiger partial charge in [0.05, 0.1) is 11.0 Å². The SMILES string of the molecule is CC1CN(Cc2ccccc2)C2C(C3CCCCC3CO)CC(C(=O)O)=C3Nc4ccccc4C312. The molecule has 0 amide bonds. The summed E-state index contributed by atoms with van der Waals surface area (Å²) in [6.07, 6.45) is 5.01. The van der Waals surface area contributed by atoms with E-state index in [2.05, 4.69) is 65.7 Å². The summed E-state index contributed by atoms with van der Waals surface area (Å²) in [7, 11) is 0. The fourth-order valence-corrected chi connectivity index (χ4v) is 8.30. The lowest BCUT2D eigenvalue weighted by Crippen LogP contribution is -2.55. The summed E-state index contributed by atoms with van der Waals surface area (Å²) in [6, 6.07) is 19.3. The molecule has 0 radical (unpaired) electrons. The number of carbonyl (C=O) groups is 1. The topological polar surface area (TPSA) is 72.8 Å². The summed E-state index contributed by atoms with van der Waals surface area (Å²) in [5, 5.41) is 24.4. The molecule has 6 atom stereocenters. The van der Waals surface area contributed by atoms with Crippen molar-refractivity contribution >= 4 is 11.7 Å². The van der Waals surface area contributed by atoms with Crippen LogP contribution in [0.5, 0.6) is 0 Å². The maximum Gasteiger partial charge on any atom is 0.333 e. The van der Waals surface area contributed by atoms with Crippen molar-refractivity contribution < 1.29 is 15.0 Å². The van der Waals surface area contributed by atoms with E-state index in [4.69, 9.17) is 0 Å². The Balaban J connectivity index is 1.55. The summed E-state index contributed by atoms with van der Waals surface area (Å²) in [6.45, 7) is 4.30. The molecule has 2 fully saturated rings. The normalized spacial score (nSPS) is 34.2. The Morgan fingerprint density at radius 2 is 1.80 bits per heavy atom. The number of nitrogens with one attached hydrogen (secondary N) is 1. The molecule has 0 bridgehead atoms. The van der Waals surface area contributed by atoms with Crippen LogP contribution in [0.1, 0.15) is 50.2 Å². The zero-order valence-electron chi connectivity index (χ0n) is 20.5. The molecule has 1 spiro atoms. The first-order valence-electron chi connectivity index (χ1n) is 13.3.